The first kappa shape index (κ1) is 23.2. The standard InChI is InChI=1S/C19H42N4O/c1-2-3-4-5-6-7-8-9-10-11-12-13-16-21-17-14-15-18-22-23-19(20)24/h21-22H,2-18H2,1H3,(H3,20,23,24). The maximum Gasteiger partial charge on any atom is 0.326 e. The molecule has 0 saturated carbocycles. The molecule has 0 atom stereocenters. The number of carbonyl (C=O) groups is 1. The second-order valence-corrected chi connectivity index (χ2v) is 6.76. The summed E-state index contributed by atoms with van der Waals surface area (Å²) in [6.45, 7) is 5.23. The maximum absolute atomic E-state index is 10.4. The summed E-state index contributed by atoms with van der Waals surface area (Å²) in [4.78, 5) is 10.4. The monoisotopic (exact) mass is 342 g/mol. The molecule has 0 heterocycles. The molecule has 0 aliphatic heterocycles. The van der Waals surface area contributed by atoms with Crippen LogP contribution in [0.15, 0.2) is 0 Å². The summed E-state index contributed by atoms with van der Waals surface area (Å²) >= 11 is 0. The predicted molar refractivity (Wildman–Crippen MR) is 104 cm³/mol. The van der Waals surface area contributed by atoms with E-state index in [0.29, 0.717) is 0 Å². The molecule has 5 heteroatoms. The molecule has 0 aliphatic rings. The summed E-state index contributed by atoms with van der Waals surface area (Å²) in [5.41, 5.74) is 10.1. The van der Waals surface area contributed by atoms with E-state index in [9.17, 15) is 4.79 Å². The van der Waals surface area contributed by atoms with E-state index in [-0.39, 0.29) is 0 Å². The lowest BCUT2D eigenvalue weighted by molar-refractivity contribution is 0.244. The highest BCUT2D eigenvalue weighted by Crippen LogP contribution is 2.11. The lowest BCUT2D eigenvalue weighted by Crippen LogP contribution is -2.41. The number of hydrogen-bond donors (Lipinski definition) is 4. The second-order valence-electron chi connectivity index (χ2n) is 6.76. The van der Waals surface area contributed by atoms with Crippen molar-refractivity contribution in [3.63, 3.8) is 0 Å². The number of urea groups is 1. The molecule has 0 aromatic rings. The third-order valence-corrected chi connectivity index (χ3v) is 4.32. The van der Waals surface area contributed by atoms with Gasteiger partial charge >= 0.3 is 6.03 Å². The molecule has 0 unspecified atom stereocenters. The third-order valence-electron chi connectivity index (χ3n) is 4.32. The third kappa shape index (κ3) is 21.2. The zero-order chi connectivity index (χ0) is 17.7. The Balaban J connectivity index is 2.97. The number of hydrogen-bond acceptors (Lipinski definition) is 3. The van der Waals surface area contributed by atoms with Crippen LogP contribution in [-0.4, -0.2) is 25.7 Å². The Labute approximate surface area is 149 Å². The van der Waals surface area contributed by atoms with Crippen LogP contribution >= 0.6 is 0 Å². The molecular weight excluding hydrogens is 300 g/mol. The van der Waals surface area contributed by atoms with Gasteiger partial charge in [-0.2, -0.15) is 0 Å². The van der Waals surface area contributed by atoms with Crippen LogP contribution in [0.5, 0.6) is 0 Å². The van der Waals surface area contributed by atoms with Gasteiger partial charge in [-0.15, -0.1) is 0 Å². The fraction of sp³-hybridized carbons (Fsp3) is 0.947. The lowest BCUT2D eigenvalue weighted by atomic mass is 10.1. The normalized spacial score (nSPS) is 10.9. The summed E-state index contributed by atoms with van der Waals surface area (Å²) in [7, 11) is 0. The van der Waals surface area contributed by atoms with Crippen molar-refractivity contribution in [1.29, 1.82) is 0 Å². The van der Waals surface area contributed by atoms with E-state index in [0.717, 1.165) is 32.5 Å². The predicted octanol–water partition coefficient (Wildman–Crippen LogP) is 4.23. The molecule has 0 spiro atoms. The Morgan fingerprint density at radius 2 is 1.08 bits per heavy atom. The van der Waals surface area contributed by atoms with Crippen LogP contribution in [-0.2, 0) is 0 Å². The Bertz CT molecular complexity index is 262. The fourth-order valence-electron chi connectivity index (χ4n) is 2.83. The van der Waals surface area contributed by atoms with Crippen molar-refractivity contribution in [3.05, 3.63) is 0 Å². The number of nitrogens with two attached hydrogens (primary N) is 1. The van der Waals surface area contributed by atoms with Crippen molar-refractivity contribution in [1.82, 2.24) is 16.2 Å². The molecule has 144 valence electrons. The minimum atomic E-state index is -0.528. The van der Waals surface area contributed by atoms with Crippen LogP contribution in [0.25, 0.3) is 0 Å². The first-order valence-corrected chi connectivity index (χ1v) is 10.3. The maximum atomic E-state index is 10.4. The van der Waals surface area contributed by atoms with Crippen molar-refractivity contribution in [2.75, 3.05) is 19.6 Å². The van der Waals surface area contributed by atoms with Gasteiger partial charge in [0.2, 0.25) is 0 Å². The van der Waals surface area contributed by atoms with Gasteiger partial charge in [0.15, 0.2) is 0 Å². The Kier molecular flexibility index (Phi) is 19.6. The molecule has 0 aliphatic carbocycles. The van der Waals surface area contributed by atoms with Crippen LogP contribution in [0.2, 0.25) is 0 Å². The van der Waals surface area contributed by atoms with Crippen molar-refractivity contribution in [3.8, 4) is 0 Å². The van der Waals surface area contributed by atoms with Gasteiger partial charge in [-0.1, -0.05) is 77.6 Å². The number of primary amides is 1. The highest BCUT2D eigenvalue weighted by Gasteiger charge is 1.94. The number of rotatable bonds is 19. The van der Waals surface area contributed by atoms with E-state index in [2.05, 4.69) is 23.1 Å². The Morgan fingerprint density at radius 3 is 1.58 bits per heavy atom. The lowest BCUT2D eigenvalue weighted by Gasteiger charge is -2.06. The molecule has 0 aromatic heterocycles. The molecule has 0 fully saturated rings. The molecule has 0 bridgehead atoms. The second kappa shape index (κ2) is 20.2. The van der Waals surface area contributed by atoms with Gasteiger partial charge in [0.1, 0.15) is 0 Å². The average Bonchev–Trinajstić information content (AvgIpc) is 2.56. The fourth-order valence-corrected chi connectivity index (χ4v) is 2.83. The topological polar surface area (TPSA) is 79.2 Å². The quantitative estimate of drug-likeness (QED) is 0.209. The number of amides is 2. The molecule has 2 amide bonds. The molecular formula is C19H42N4O. The highest BCUT2D eigenvalue weighted by atomic mass is 16.2. The van der Waals surface area contributed by atoms with Gasteiger partial charge in [0.05, 0.1) is 0 Å². The zero-order valence-electron chi connectivity index (χ0n) is 16.0. The number of nitrogens with one attached hydrogen (secondary N) is 3. The van der Waals surface area contributed by atoms with E-state index in [1.165, 1.54) is 77.0 Å². The van der Waals surface area contributed by atoms with Crippen molar-refractivity contribution >= 4 is 6.03 Å². The SMILES string of the molecule is CCCCCCCCCCCCCCNCCCCNNC(N)=O. The van der Waals surface area contributed by atoms with E-state index in [1.54, 1.807) is 0 Å². The average molecular weight is 343 g/mol. The van der Waals surface area contributed by atoms with E-state index < -0.39 is 6.03 Å². The zero-order valence-corrected chi connectivity index (χ0v) is 16.0. The van der Waals surface area contributed by atoms with E-state index in [1.807, 2.05) is 0 Å². The van der Waals surface area contributed by atoms with Gasteiger partial charge in [-0.25, -0.2) is 10.2 Å². The minimum Gasteiger partial charge on any atom is -0.351 e. The summed E-state index contributed by atoms with van der Waals surface area (Å²) in [5, 5.41) is 3.48. The van der Waals surface area contributed by atoms with Gasteiger partial charge in [0.25, 0.3) is 0 Å². The summed E-state index contributed by atoms with van der Waals surface area (Å²) in [6, 6.07) is -0.528. The van der Waals surface area contributed by atoms with Crippen molar-refractivity contribution < 1.29 is 4.79 Å². The number of carbonyl (C=O) groups excluding carboxylic acids is 1. The highest BCUT2D eigenvalue weighted by molar-refractivity contribution is 5.70. The molecule has 5 nitrogen and oxygen atoms in total. The first-order chi connectivity index (χ1) is 11.8. The molecule has 5 N–H and O–H groups in total. The minimum absolute atomic E-state index is 0.528. The van der Waals surface area contributed by atoms with Gasteiger partial charge < -0.3 is 11.1 Å². The summed E-state index contributed by atoms with van der Waals surface area (Å²) in [5.74, 6) is 0. The van der Waals surface area contributed by atoms with Gasteiger partial charge in [-0.05, 0) is 32.4 Å². The van der Waals surface area contributed by atoms with Gasteiger partial charge in [-0.3, -0.25) is 5.43 Å². The number of hydrazine groups is 1. The van der Waals surface area contributed by atoms with Crippen LogP contribution in [0.3, 0.4) is 0 Å². The Hall–Kier alpha value is -0.810. The molecule has 0 saturated heterocycles. The van der Waals surface area contributed by atoms with E-state index >= 15 is 0 Å². The van der Waals surface area contributed by atoms with Crippen LogP contribution < -0.4 is 21.9 Å². The summed E-state index contributed by atoms with van der Waals surface area (Å²) < 4.78 is 0. The van der Waals surface area contributed by atoms with Crippen LogP contribution in [0, 0.1) is 0 Å². The smallest absolute Gasteiger partial charge is 0.326 e. The van der Waals surface area contributed by atoms with Crippen LogP contribution in [0.4, 0.5) is 4.79 Å². The van der Waals surface area contributed by atoms with Crippen molar-refractivity contribution in [2.24, 2.45) is 5.73 Å². The van der Waals surface area contributed by atoms with Gasteiger partial charge in [0, 0.05) is 6.54 Å². The molecule has 0 aromatic carbocycles. The summed E-state index contributed by atoms with van der Waals surface area (Å²) in [6.07, 6.45) is 19.0. The Morgan fingerprint density at radius 1 is 0.667 bits per heavy atom. The first-order valence-electron chi connectivity index (χ1n) is 10.3. The van der Waals surface area contributed by atoms with Crippen LogP contribution in [0.1, 0.15) is 96.8 Å². The largest absolute Gasteiger partial charge is 0.351 e. The number of unbranched alkanes of at least 4 members (excludes halogenated alkanes) is 12. The van der Waals surface area contributed by atoms with Crippen molar-refractivity contribution in [2.45, 2.75) is 96.8 Å². The molecule has 0 rings (SSSR count). The molecule has 24 heavy (non-hydrogen) atoms. The molecule has 0 radical (unpaired) electrons. The van der Waals surface area contributed by atoms with E-state index in [4.69, 9.17) is 5.73 Å².